The molecule has 0 saturated carbocycles. The molecule has 0 bridgehead atoms. The average molecular weight is 163 g/mol. The lowest BCUT2D eigenvalue weighted by Crippen LogP contribution is -1.90. The fourth-order valence-corrected chi connectivity index (χ4v) is 0.717. The maximum Gasteiger partial charge on any atom is 0.193 e. The highest BCUT2D eigenvalue weighted by Crippen LogP contribution is 2.02. The molecule has 0 saturated heterocycles. The third-order valence-electron chi connectivity index (χ3n) is 1.28. The highest BCUT2D eigenvalue weighted by atomic mass is 19.1. The van der Waals surface area contributed by atoms with E-state index in [0.29, 0.717) is 12.0 Å². The molecule has 0 amide bonds. The molecule has 0 aliphatic carbocycles. The van der Waals surface area contributed by atoms with Gasteiger partial charge in [0.2, 0.25) is 0 Å². The summed E-state index contributed by atoms with van der Waals surface area (Å²) in [7, 11) is 0. The summed E-state index contributed by atoms with van der Waals surface area (Å²) in [5.74, 6) is 4.29. The number of aromatic nitrogens is 1. The van der Waals surface area contributed by atoms with Gasteiger partial charge in [-0.25, -0.2) is 9.37 Å². The fourth-order valence-electron chi connectivity index (χ4n) is 0.717. The maximum atomic E-state index is 12.6. The molecule has 0 unspecified atom stereocenters. The van der Waals surface area contributed by atoms with E-state index in [1.807, 2.05) is 0 Å². The number of aryl methyl sites for hydroxylation is 1. The van der Waals surface area contributed by atoms with Crippen LogP contribution in [0, 0.1) is 24.6 Å². The Morgan fingerprint density at radius 1 is 1.58 bits per heavy atom. The first-order chi connectivity index (χ1) is 5.74. The SMILES string of the molecule is Cc1nc(C#CC=O)ccc1F. The topological polar surface area (TPSA) is 30.0 Å². The van der Waals surface area contributed by atoms with Crippen molar-refractivity contribution in [2.24, 2.45) is 0 Å². The molecule has 0 fully saturated rings. The Labute approximate surface area is 69.4 Å². The van der Waals surface area contributed by atoms with Gasteiger partial charge in [-0.1, -0.05) is 0 Å². The minimum absolute atomic E-state index is 0.285. The van der Waals surface area contributed by atoms with Crippen LogP contribution in [0.3, 0.4) is 0 Å². The van der Waals surface area contributed by atoms with E-state index in [1.165, 1.54) is 12.1 Å². The standard InChI is InChI=1S/C9H6FNO/c1-7-9(10)5-4-8(11-7)3-2-6-12/h4-6H,1H3. The Morgan fingerprint density at radius 3 is 2.92 bits per heavy atom. The highest BCUT2D eigenvalue weighted by Gasteiger charge is 1.96. The molecule has 0 aliphatic rings. The third-order valence-corrected chi connectivity index (χ3v) is 1.28. The van der Waals surface area contributed by atoms with Gasteiger partial charge in [0.05, 0.1) is 5.69 Å². The molecule has 0 aliphatic heterocycles. The first-order valence-corrected chi connectivity index (χ1v) is 3.32. The molecule has 0 atom stereocenters. The van der Waals surface area contributed by atoms with Crippen LogP contribution in [0.1, 0.15) is 11.4 Å². The summed E-state index contributed by atoms with van der Waals surface area (Å²) < 4.78 is 12.6. The summed E-state index contributed by atoms with van der Waals surface area (Å²) in [6.45, 7) is 1.54. The number of hydrogen-bond acceptors (Lipinski definition) is 2. The van der Waals surface area contributed by atoms with Crippen LogP contribution >= 0.6 is 0 Å². The summed E-state index contributed by atoms with van der Waals surface area (Å²) in [5.41, 5.74) is 0.689. The van der Waals surface area contributed by atoms with Crippen molar-refractivity contribution in [2.45, 2.75) is 6.92 Å². The van der Waals surface area contributed by atoms with Crippen LogP contribution in [0.25, 0.3) is 0 Å². The second-order valence-corrected chi connectivity index (χ2v) is 2.15. The van der Waals surface area contributed by atoms with Gasteiger partial charge in [0.15, 0.2) is 6.29 Å². The molecule has 0 N–H and O–H groups in total. The lowest BCUT2D eigenvalue weighted by atomic mass is 10.3. The predicted molar refractivity (Wildman–Crippen MR) is 41.9 cm³/mol. The predicted octanol–water partition coefficient (Wildman–Crippen LogP) is 1.08. The van der Waals surface area contributed by atoms with Crippen molar-refractivity contribution >= 4 is 6.29 Å². The number of nitrogens with zero attached hydrogens (tertiary/aromatic N) is 1. The summed E-state index contributed by atoms with van der Waals surface area (Å²) in [6.07, 6.45) is 0.473. The third kappa shape index (κ3) is 1.89. The first-order valence-electron chi connectivity index (χ1n) is 3.32. The number of carbonyl (C=O) groups is 1. The summed E-state index contributed by atoms with van der Waals surface area (Å²) in [5, 5.41) is 0. The van der Waals surface area contributed by atoms with Gasteiger partial charge in [-0.15, -0.1) is 0 Å². The van der Waals surface area contributed by atoms with Gasteiger partial charge in [0, 0.05) is 0 Å². The number of pyridine rings is 1. The van der Waals surface area contributed by atoms with Crippen LogP contribution in [-0.2, 0) is 4.79 Å². The molecule has 3 heteroatoms. The Hall–Kier alpha value is -1.69. The van der Waals surface area contributed by atoms with Gasteiger partial charge in [-0.3, -0.25) is 4.79 Å². The molecule has 12 heavy (non-hydrogen) atoms. The molecule has 2 nitrogen and oxygen atoms in total. The second-order valence-electron chi connectivity index (χ2n) is 2.15. The maximum absolute atomic E-state index is 12.6. The highest BCUT2D eigenvalue weighted by molar-refractivity contribution is 5.73. The normalized spacial score (nSPS) is 8.50. The quantitative estimate of drug-likeness (QED) is 0.423. The molecule has 0 radical (unpaired) electrons. The number of halogens is 1. The average Bonchev–Trinajstić information content (AvgIpc) is 2.07. The Balaban J connectivity index is 3.04. The number of rotatable bonds is 0. The second kappa shape index (κ2) is 3.63. The van der Waals surface area contributed by atoms with E-state index in [9.17, 15) is 9.18 Å². The van der Waals surface area contributed by atoms with Crippen molar-refractivity contribution in [3.8, 4) is 11.8 Å². The molecule has 0 spiro atoms. The molecule has 1 aromatic rings. The van der Waals surface area contributed by atoms with E-state index in [1.54, 1.807) is 6.92 Å². The summed E-state index contributed by atoms with van der Waals surface area (Å²) in [6, 6.07) is 2.70. The van der Waals surface area contributed by atoms with Crippen molar-refractivity contribution in [1.82, 2.24) is 4.98 Å². The smallest absolute Gasteiger partial charge is 0.193 e. The zero-order valence-corrected chi connectivity index (χ0v) is 6.47. The van der Waals surface area contributed by atoms with Crippen LogP contribution in [0.15, 0.2) is 12.1 Å². The Kier molecular flexibility index (Phi) is 2.54. The van der Waals surface area contributed by atoms with Gasteiger partial charge >= 0.3 is 0 Å². The van der Waals surface area contributed by atoms with Crippen molar-refractivity contribution < 1.29 is 9.18 Å². The number of aldehydes is 1. The van der Waals surface area contributed by atoms with Gasteiger partial charge in [0.1, 0.15) is 11.5 Å². The van der Waals surface area contributed by atoms with E-state index in [2.05, 4.69) is 16.8 Å². The molecular formula is C9H6FNO. The van der Waals surface area contributed by atoms with Crippen molar-refractivity contribution in [1.29, 1.82) is 0 Å². The zero-order valence-electron chi connectivity index (χ0n) is 6.47. The lowest BCUT2D eigenvalue weighted by Gasteiger charge is -1.93. The Morgan fingerprint density at radius 2 is 2.33 bits per heavy atom. The molecule has 1 aromatic heterocycles. The van der Waals surface area contributed by atoms with Crippen LogP contribution in [0.2, 0.25) is 0 Å². The van der Waals surface area contributed by atoms with Crippen molar-refractivity contribution in [3.63, 3.8) is 0 Å². The fraction of sp³-hybridized carbons (Fsp3) is 0.111. The molecule has 1 heterocycles. The van der Waals surface area contributed by atoms with E-state index in [4.69, 9.17) is 0 Å². The number of carbonyl (C=O) groups excluding carboxylic acids is 1. The van der Waals surface area contributed by atoms with Crippen LogP contribution < -0.4 is 0 Å². The lowest BCUT2D eigenvalue weighted by molar-refractivity contribution is -0.103. The monoisotopic (exact) mass is 163 g/mol. The van der Waals surface area contributed by atoms with Crippen molar-refractivity contribution in [2.75, 3.05) is 0 Å². The van der Waals surface area contributed by atoms with Crippen LogP contribution in [-0.4, -0.2) is 11.3 Å². The van der Waals surface area contributed by atoms with Crippen LogP contribution in [0.4, 0.5) is 4.39 Å². The van der Waals surface area contributed by atoms with Gasteiger partial charge in [-0.05, 0) is 30.9 Å². The van der Waals surface area contributed by atoms with Gasteiger partial charge < -0.3 is 0 Å². The minimum Gasteiger partial charge on any atom is -0.289 e. The number of hydrogen-bond donors (Lipinski definition) is 0. The molecule has 0 aromatic carbocycles. The van der Waals surface area contributed by atoms with Gasteiger partial charge in [-0.2, -0.15) is 0 Å². The Bertz CT molecular complexity index is 363. The van der Waals surface area contributed by atoms with Crippen LogP contribution in [0.5, 0.6) is 0 Å². The van der Waals surface area contributed by atoms with E-state index in [-0.39, 0.29) is 11.5 Å². The summed E-state index contributed by atoms with van der Waals surface area (Å²) >= 11 is 0. The van der Waals surface area contributed by atoms with Gasteiger partial charge in [0.25, 0.3) is 0 Å². The largest absolute Gasteiger partial charge is 0.289 e. The zero-order chi connectivity index (χ0) is 8.97. The minimum atomic E-state index is -0.369. The van der Waals surface area contributed by atoms with E-state index in [0.717, 1.165) is 0 Å². The molecule has 1 rings (SSSR count). The van der Waals surface area contributed by atoms with E-state index < -0.39 is 0 Å². The first kappa shape index (κ1) is 8.41. The molecular weight excluding hydrogens is 157 g/mol. The van der Waals surface area contributed by atoms with E-state index >= 15 is 0 Å². The molecule has 60 valence electrons. The summed E-state index contributed by atoms with van der Waals surface area (Å²) in [4.78, 5) is 13.7. The van der Waals surface area contributed by atoms with Crippen molar-refractivity contribution in [3.05, 3.63) is 29.3 Å².